The van der Waals surface area contributed by atoms with Gasteiger partial charge in [-0.15, -0.1) is 0 Å². The minimum absolute atomic E-state index is 0.694. The first-order valence-electron chi connectivity index (χ1n) is 6.60. The Labute approximate surface area is 112 Å². The van der Waals surface area contributed by atoms with Crippen LogP contribution in [0.25, 0.3) is 0 Å². The van der Waals surface area contributed by atoms with Crippen molar-refractivity contribution in [1.82, 2.24) is 15.1 Å². The Balaban J connectivity index is 1.92. The summed E-state index contributed by atoms with van der Waals surface area (Å²) in [5.74, 6) is 0. The maximum atomic E-state index is 4.42. The van der Waals surface area contributed by atoms with Crippen molar-refractivity contribution < 1.29 is 0 Å². The smallest absolute Gasteiger partial charge is 0.0739 e. The molecule has 2 rings (SSSR count). The van der Waals surface area contributed by atoms with Crippen molar-refractivity contribution in [3.8, 4) is 0 Å². The summed E-state index contributed by atoms with van der Waals surface area (Å²) in [6.07, 6.45) is 8.23. The van der Waals surface area contributed by atoms with Crippen molar-refractivity contribution in [2.75, 3.05) is 0 Å². The molecule has 96 valence electrons. The van der Waals surface area contributed by atoms with E-state index < -0.39 is 0 Å². The summed E-state index contributed by atoms with van der Waals surface area (Å²) in [6.45, 7) is 2.96. The van der Waals surface area contributed by atoms with Crippen molar-refractivity contribution in [2.24, 2.45) is 7.05 Å². The summed E-state index contributed by atoms with van der Waals surface area (Å²) >= 11 is 3.62. The lowest BCUT2D eigenvalue weighted by atomic mass is 10.1. The molecule has 1 aliphatic carbocycles. The first-order chi connectivity index (χ1) is 8.18. The molecule has 3 nitrogen and oxygen atoms in total. The van der Waals surface area contributed by atoms with Crippen LogP contribution in [0.2, 0.25) is 0 Å². The van der Waals surface area contributed by atoms with Gasteiger partial charge in [0.25, 0.3) is 0 Å². The molecule has 0 bridgehead atoms. The highest BCUT2D eigenvalue weighted by Gasteiger charge is 2.14. The summed E-state index contributed by atoms with van der Waals surface area (Å²) in [6, 6.07) is 0.694. The fraction of sp³-hybridized carbons (Fsp3) is 0.769. The lowest BCUT2D eigenvalue weighted by molar-refractivity contribution is 0.449. The molecule has 1 aromatic rings. The van der Waals surface area contributed by atoms with Gasteiger partial charge in [-0.2, -0.15) is 5.10 Å². The number of hydrogen-bond donors (Lipinski definition) is 1. The van der Waals surface area contributed by atoms with Gasteiger partial charge in [-0.1, -0.05) is 25.7 Å². The molecule has 4 heteroatoms. The molecule has 0 amide bonds. The summed E-state index contributed by atoms with van der Waals surface area (Å²) in [7, 11) is 2.02. The minimum Gasteiger partial charge on any atom is -0.308 e. The molecule has 0 aromatic carbocycles. The summed E-state index contributed by atoms with van der Waals surface area (Å²) < 4.78 is 3.13. The fourth-order valence-corrected chi connectivity index (χ4v) is 3.07. The van der Waals surface area contributed by atoms with Gasteiger partial charge >= 0.3 is 0 Å². The molecule has 0 spiro atoms. The molecule has 1 heterocycles. The lowest BCUT2D eigenvalue weighted by Gasteiger charge is -2.16. The predicted octanol–water partition coefficient (Wildman–Crippen LogP) is 3.30. The SMILES string of the molecule is Cc1nn(C)c(CNC2CCCCCC2)c1Br. The number of aryl methyl sites for hydroxylation is 2. The van der Waals surface area contributed by atoms with Crippen LogP contribution in [0.15, 0.2) is 4.47 Å². The van der Waals surface area contributed by atoms with Crippen LogP contribution < -0.4 is 5.32 Å². The first kappa shape index (κ1) is 13.1. The van der Waals surface area contributed by atoms with Crippen LogP contribution in [0.5, 0.6) is 0 Å². The molecule has 1 N–H and O–H groups in total. The van der Waals surface area contributed by atoms with E-state index >= 15 is 0 Å². The van der Waals surface area contributed by atoms with Crippen molar-refractivity contribution in [2.45, 2.75) is 58.0 Å². The number of halogens is 1. The average Bonchev–Trinajstić information content (AvgIpc) is 2.53. The van der Waals surface area contributed by atoms with Crippen molar-refractivity contribution in [3.63, 3.8) is 0 Å². The van der Waals surface area contributed by atoms with Crippen LogP contribution in [0, 0.1) is 6.92 Å². The maximum absolute atomic E-state index is 4.42. The summed E-state index contributed by atoms with van der Waals surface area (Å²) in [4.78, 5) is 0. The van der Waals surface area contributed by atoms with E-state index in [9.17, 15) is 0 Å². The predicted molar refractivity (Wildman–Crippen MR) is 74.0 cm³/mol. The Morgan fingerprint density at radius 2 is 1.94 bits per heavy atom. The van der Waals surface area contributed by atoms with Gasteiger partial charge in [0, 0.05) is 19.6 Å². The van der Waals surface area contributed by atoms with Gasteiger partial charge in [-0.3, -0.25) is 4.68 Å². The third-order valence-electron chi connectivity index (χ3n) is 3.67. The van der Waals surface area contributed by atoms with Gasteiger partial charge in [0.2, 0.25) is 0 Å². The van der Waals surface area contributed by atoms with E-state index in [-0.39, 0.29) is 0 Å². The Bertz CT molecular complexity index is 365. The van der Waals surface area contributed by atoms with Crippen molar-refractivity contribution in [3.05, 3.63) is 15.9 Å². The number of rotatable bonds is 3. The van der Waals surface area contributed by atoms with Gasteiger partial charge in [0.15, 0.2) is 0 Å². The van der Waals surface area contributed by atoms with Crippen LogP contribution in [-0.4, -0.2) is 15.8 Å². The third-order valence-corrected chi connectivity index (χ3v) is 4.71. The zero-order chi connectivity index (χ0) is 12.3. The second-order valence-electron chi connectivity index (χ2n) is 5.04. The van der Waals surface area contributed by atoms with Crippen LogP contribution >= 0.6 is 15.9 Å². The molecule has 0 aliphatic heterocycles. The number of hydrogen-bond acceptors (Lipinski definition) is 2. The Kier molecular flexibility index (Phi) is 4.62. The van der Waals surface area contributed by atoms with Crippen LogP contribution in [0.1, 0.15) is 49.9 Å². The third kappa shape index (κ3) is 3.32. The van der Waals surface area contributed by atoms with E-state index in [0.29, 0.717) is 6.04 Å². The molecule has 0 atom stereocenters. The van der Waals surface area contributed by atoms with E-state index in [1.54, 1.807) is 0 Å². The normalized spacial score (nSPS) is 18.3. The van der Waals surface area contributed by atoms with Crippen molar-refractivity contribution in [1.29, 1.82) is 0 Å². The Hall–Kier alpha value is -0.350. The summed E-state index contributed by atoms with van der Waals surface area (Å²) in [5.41, 5.74) is 2.33. The molecule has 1 aromatic heterocycles. The quantitative estimate of drug-likeness (QED) is 0.868. The topological polar surface area (TPSA) is 29.9 Å². The zero-order valence-corrected chi connectivity index (χ0v) is 12.4. The number of aromatic nitrogens is 2. The first-order valence-corrected chi connectivity index (χ1v) is 7.39. The number of nitrogens with zero attached hydrogens (tertiary/aromatic N) is 2. The molecule has 17 heavy (non-hydrogen) atoms. The molecule has 0 radical (unpaired) electrons. The maximum Gasteiger partial charge on any atom is 0.0739 e. The molecule has 0 saturated heterocycles. The standard InChI is InChI=1S/C13H22BrN3/c1-10-13(14)12(17(2)16-10)9-15-11-7-5-3-4-6-8-11/h11,15H,3-9H2,1-2H3. The van der Waals surface area contributed by atoms with Gasteiger partial charge in [0.05, 0.1) is 15.9 Å². The monoisotopic (exact) mass is 299 g/mol. The van der Waals surface area contributed by atoms with E-state index in [0.717, 1.165) is 16.7 Å². The Morgan fingerprint density at radius 3 is 2.47 bits per heavy atom. The molecule has 0 unspecified atom stereocenters. The molecular weight excluding hydrogens is 278 g/mol. The van der Waals surface area contributed by atoms with E-state index in [2.05, 4.69) is 26.3 Å². The highest BCUT2D eigenvalue weighted by atomic mass is 79.9. The highest BCUT2D eigenvalue weighted by molar-refractivity contribution is 9.10. The second kappa shape index (κ2) is 6.01. The van der Waals surface area contributed by atoms with Gasteiger partial charge in [-0.05, 0) is 35.7 Å². The van der Waals surface area contributed by atoms with E-state index in [1.165, 1.54) is 44.2 Å². The van der Waals surface area contributed by atoms with Crippen LogP contribution in [0.3, 0.4) is 0 Å². The molecule has 1 aliphatic rings. The van der Waals surface area contributed by atoms with Crippen molar-refractivity contribution >= 4 is 15.9 Å². The largest absolute Gasteiger partial charge is 0.308 e. The number of nitrogens with one attached hydrogen (secondary N) is 1. The Morgan fingerprint density at radius 1 is 1.29 bits per heavy atom. The zero-order valence-electron chi connectivity index (χ0n) is 10.8. The molecular formula is C13H22BrN3. The minimum atomic E-state index is 0.694. The second-order valence-corrected chi connectivity index (χ2v) is 5.83. The highest BCUT2D eigenvalue weighted by Crippen LogP contribution is 2.21. The van der Waals surface area contributed by atoms with Gasteiger partial charge in [0.1, 0.15) is 0 Å². The average molecular weight is 300 g/mol. The lowest BCUT2D eigenvalue weighted by Crippen LogP contribution is -2.28. The van der Waals surface area contributed by atoms with Crippen LogP contribution in [0.4, 0.5) is 0 Å². The van der Waals surface area contributed by atoms with E-state index in [1.807, 2.05) is 18.7 Å². The van der Waals surface area contributed by atoms with E-state index in [4.69, 9.17) is 0 Å². The molecule has 1 saturated carbocycles. The fourth-order valence-electron chi connectivity index (χ4n) is 2.60. The summed E-state index contributed by atoms with van der Waals surface area (Å²) in [5, 5.41) is 8.10. The van der Waals surface area contributed by atoms with Gasteiger partial charge in [-0.25, -0.2) is 0 Å². The van der Waals surface area contributed by atoms with Crippen LogP contribution in [-0.2, 0) is 13.6 Å². The molecule has 1 fully saturated rings. The van der Waals surface area contributed by atoms with Gasteiger partial charge < -0.3 is 5.32 Å².